The number of para-hydroxylation sites is 1. The topological polar surface area (TPSA) is 32.5 Å². The lowest BCUT2D eigenvalue weighted by Crippen LogP contribution is -2.54. The lowest BCUT2D eigenvalue weighted by Gasteiger charge is -2.42. The molecule has 1 saturated heterocycles. The van der Waals surface area contributed by atoms with Gasteiger partial charge in [0.15, 0.2) is 0 Å². The second-order valence-corrected chi connectivity index (χ2v) is 6.26. The van der Waals surface area contributed by atoms with Crippen LogP contribution in [0, 0.1) is 5.92 Å². The molecule has 1 atom stereocenters. The molecule has 4 heteroatoms. The Kier molecular flexibility index (Phi) is 6.34. The highest BCUT2D eigenvalue weighted by molar-refractivity contribution is 6.33. The third-order valence-electron chi connectivity index (χ3n) is 4.81. The minimum atomic E-state index is 0.522. The van der Waals surface area contributed by atoms with Crippen LogP contribution in [0.25, 0.3) is 0 Å². The molecule has 0 aromatic heterocycles. The van der Waals surface area contributed by atoms with Crippen molar-refractivity contribution < 1.29 is 0 Å². The first-order valence-corrected chi connectivity index (χ1v) is 8.52. The molecule has 1 aliphatic heterocycles. The zero-order chi connectivity index (χ0) is 15.2. The van der Waals surface area contributed by atoms with E-state index < -0.39 is 0 Å². The molecule has 0 bridgehead atoms. The zero-order valence-electron chi connectivity index (χ0n) is 13.3. The minimum absolute atomic E-state index is 0.522. The third-order valence-corrected chi connectivity index (χ3v) is 5.13. The molecule has 0 amide bonds. The van der Waals surface area contributed by atoms with Crippen LogP contribution in [0.3, 0.4) is 0 Å². The Labute approximate surface area is 134 Å². The Morgan fingerprint density at radius 3 is 2.24 bits per heavy atom. The van der Waals surface area contributed by atoms with Gasteiger partial charge in [-0.2, -0.15) is 0 Å². The number of piperazine rings is 1. The summed E-state index contributed by atoms with van der Waals surface area (Å²) in [5.41, 5.74) is 7.21. The number of hydrogen-bond donors (Lipinski definition) is 1. The second-order valence-electron chi connectivity index (χ2n) is 5.85. The maximum Gasteiger partial charge on any atom is 0.0639 e. The van der Waals surface area contributed by atoms with Gasteiger partial charge in [-0.25, -0.2) is 0 Å². The predicted octanol–water partition coefficient (Wildman–Crippen LogP) is 3.23. The number of nitrogens with zero attached hydrogens (tertiary/aromatic N) is 2. The first kappa shape index (κ1) is 16.6. The van der Waals surface area contributed by atoms with Crippen LogP contribution in [-0.2, 0) is 0 Å². The molecular formula is C17H28ClN3. The van der Waals surface area contributed by atoms with E-state index in [0.717, 1.165) is 43.4 Å². The van der Waals surface area contributed by atoms with Gasteiger partial charge in [-0.1, -0.05) is 50.4 Å². The molecule has 2 rings (SSSR count). The van der Waals surface area contributed by atoms with Crippen molar-refractivity contribution in [3.63, 3.8) is 0 Å². The van der Waals surface area contributed by atoms with E-state index in [1.165, 1.54) is 12.8 Å². The Morgan fingerprint density at radius 2 is 1.71 bits per heavy atom. The monoisotopic (exact) mass is 309 g/mol. The smallest absolute Gasteiger partial charge is 0.0639 e. The van der Waals surface area contributed by atoms with Gasteiger partial charge in [0.05, 0.1) is 10.7 Å². The molecule has 2 N–H and O–H groups in total. The summed E-state index contributed by atoms with van der Waals surface area (Å²) in [5.74, 6) is 0.710. The largest absolute Gasteiger partial charge is 0.368 e. The molecule has 3 nitrogen and oxygen atoms in total. The van der Waals surface area contributed by atoms with E-state index in [-0.39, 0.29) is 0 Å². The normalized spacial score (nSPS) is 18.2. The zero-order valence-corrected chi connectivity index (χ0v) is 14.0. The van der Waals surface area contributed by atoms with Gasteiger partial charge in [-0.3, -0.25) is 4.90 Å². The van der Waals surface area contributed by atoms with Gasteiger partial charge in [0, 0.05) is 38.8 Å². The highest BCUT2D eigenvalue weighted by Gasteiger charge is 2.27. The summed E-state index contributed by atoms with van der Waals surface area (Å²) in [7, 11) is 0. The van der Waals surface area contributed by atoms with E-state index in [2.05, 4.69) is 35.8 Å². The maximum atomic E-state index is 6.30. The quantitative estimate of drug-likeness (QED) is 0.875. The Balaban J connectivity index is 1.98. The van der Waals surface area contributed by atoms with Crippen molar-refractivity contribution in [2.45, 2.75) is 32.7 Å². The first-order valence-electron chi connectivity index (χ1n) is 8.14. The average Bonchev–Trinajstić information content (AvgIpc) is 2.53. The van der Waals surface area contributed by atoms with Crippen molar-refractivity contribution >= 4 is 17.3 Å². The lowest BCUT2D eigenvalue weighted by atomic mass is 9.92. The first-order chi connectivity index (χ1) is 10.2. The Hall–Kier alpha value is -0.770. The van der Waals surface area contributed by atoms with Gasteiger partial charge in [0.2, 0.25) is 0 Å². The van der Waals surface area contributed by atoms with Gasteiger partial charge in [-0.15, -0.1) is 0 Å². The summed E-state index contributed by atoms with van der Waals surface area (Å²) in [5, 5.41) is 0.848. The maximum absolute atomic E-state index is 6.30. The van der Waals surface area contributed by atoms with Gasteiger partial charge in [0.1, 0.15) is 0 Å². The van der Waals surface area contributed by atoms with E-state index in [9.17, 15) is 0 Å². The number of rotatable bonds is 6. The van der Waals surface area contributed by atoms with Crippen molar-refractivity contribution in [1.82, 2.24) is 4.90 Å². The van der Waals surface area contributed by atoms with Gasteiger partial charge < -0.3 is 10.6 Å². The Morgan fingerprint density at radius 1 is 1.10 bits per heavy atom. The predicted molar refractivity (Wildman–Crippen MR) is 92.2 cm³/mol. The summed E-state index contributed by atoms with van der Waals surface area (Å²) in [6.07, 6.45) is 2.42. The van der Waals surface area contributed by atoms with Crippen molar-refractivity contribution in [2.75, 3.05) is 37.6 Å². The van der Waals surface area contributed by atoms with Crippen molar-refractivity contribution in [3.8, 4) is 0 Å². The van der Waals surface area contributed by atoms with Crippen LogP contribution in [0.5, 0.6) is 0 Å². The van der Waals surface area contributed by atoms with Crippen molar-refractivity contribution in [1.29, 1.82) is 0 Å². The fraction of sp³-hybridized carbons (Fsp3) is 0.647. The van der Waals surface area contributed by atoms with Gasteiger partial charge >= 0.3 is 0 Å². The van der Waals surface area contributed by atoms with Crippen LogP contribution in [0.15, 0.2) is 24.3 Å². The van der Waals surface area contributed by atoms with Crippen LogP contribution < -0.4 is 10.6 Å². The molecule has 0 spiro atoms. The fourth-order valence-electron chi connectivity index (χ4n) is 3.48. The number of hydrogen-bond acceptors (Lipinski definition) is 3. The molecule has 0 radical (unpaired) electrons. The number of benzene rings is 1. The average molecular weight is 310 g/mol. The summed E-state index contributed by atoms with van der Waals surface area (Å²) in [6.45, 7) is 9.51. The van der Waals surface area contributed by atoms with Crippen LogP contribution in [-0.4, -0.2) is 43.7 Å². The summed E-state index contributed by atoms with van der Waals surface area (Å²) >= 11 is 6.30. The molecule has 118 valence electrons. The molecule has 0 aliphatic carbocycles. The Bertz CT molecular complexity index is 426. The molecule has 1 unspecified atom stereocenters. The summed E-state index contributed by atoms with van der Waals surface area (Å²) < 4.78 is 0. The van der Waals surface area contributed by atoms with E-state index in [1.54, 1.807) is 0 Å². The standard InChI is InChI=1S/C17H28ClN3/c1-3-14(4-2)17(13-19)21-11-9-20(10-12-21)16-8-6-5-7-15(16)18/h5-8,14,17H,3-4,9-13,19H2,1-2H3. The van der Waals surface area contributed by atoms with Gasteiger partial charge in [0.25, 0.3) is 0 Å². The van der Waals surface area contributed by atoms with Crippen molar-refractivity contribution in [3.05, 3.63) is 29.3 Å². The van der Waals surface area contributed by atoms with E-state index in [4.69, 9.17) is 17.3 Å². The molecule has 1 heterocycles. The molecule has 1 fully saturated rings. The van der Waals surface area contributed by atoms with E-state index in [1.807, 2.05) is 12.1 Å². The van der Waals surface area contributed by atoms with Crippen LogP contribution >= 0.6 is 11.6 Å². The van der Waals surface area contributed by atoms with E-state index >= 15 is 0 Å². The lowest BCUT2D eigenvalue weighted by molar-refractivity contribution is 0.132. The highest BCUT2D eigenvalue weighted by atomic mass is 35.5. The molecule has 1 aromatic carbocycles. The summed E-state index contributed by atoms with van der Waals surface area (Å²) in [6, 6.07) is 8.64. The second kappa shape index (κ2) is 8.02. The minimum Gasteiger partial charge on any atom is -0.368 e. The SMILES string of the molecule is CCC(CC)C(CN)N1CCN(c2ccccc2Cl)CC1. The van der Waals surface area contributed by atoms with Crippen LogP contribution in [0.1, 0.15) is 26.7 Å². The molecule has 1 aromatic rings. The molecule has 21 heavy (non-hydrogen) atoms. The van der Waals surface area contributed by atoms with E-state index in [0.29, 0.717) is 12.0 Å². The van der Waals surface area contributed by atoms with Gasteiger partial charge in [-0.05, 0) is 18.1 Å². The fourth-order valence-corrected chi connectivity index (χ4v) is 3.73. The van der Waals surface area contributed by atoms with Crippen LogP contribution in [0.2, 0.25) is 5.02 Å². The molecular weight excluding hydrogens is 282 g/mol. The number of nitrogens with two attached hydrogens (primary N) is 1. The van der Waals surface area contributed by atoms with Crippen molar-refractivity contribution in [2.24, 2.45) is 11.7 Å². The number of anilines is 1. The van der Waals surface area contributed by atoms with Crippen LogP contribution in [0.4, 0.5) is 5.69 Å². The molecule has 1 aliphatic rings. The third kappa shape index (κ3) is 3.91. The summed E-state index contributed by atoms with van der Waals surface area (Å²) in [4.78, 5) is 4.96. The molecule has 0 saturated carbocycles. The highest BCUT2D eigenvalue weighted by Crippen LogP contribution is 2.27. The number of halogens is 1.